The fourth-order valence-electron chi connectivity index (χ4n) is 4.07. The number of hydrogen-bond donors (Lipinski definition) is 1. The van der Waals surface area contributed by atoms with Gasteiger partial charge in [0.25, 0.3) is 0 Å². The van der Waals surface area contributed by atoms with Crippen molar-refractivity contribution in [1.29, 1.82) is 5.26 Å². The smallest absolute Gasteiger partial charge is 0.410 e. The van der Waals surface area contributed by atoms with Crippen LogP contribution in [0.2, 0.25) is 0 Å². The molecule has 3 aromatic rings. The zero-order valence-corrected chi connectivity index (χ0v) is 18.3. The van der Waals surface area contributed by atoms with Crippen molar-refractivity contribution >= 4 is 22.7 Å². The molecular weight excluding hydrogens is 407 g/mol. The van der Waals surface area contributed by atoms with Crippen molar-refractivity contribution in [2.75, 3.05) is 18.4 Å². The Hall–Kier alpha value is -3.66. The number of rotatable bonds is 3. The Labute approximate surface area is 186 Å². The Morgan fingerprint density at radius 3 is 2.62 bits per heavy atom. The van der Waals surface area contributed by atoms with Crippen LogP contribution in [0.15, 0.2) is 54.7 Å². The maximum Gasteiger partial charge on any atom is 0.410 e. The van der Waals surface area contributed by atoms with Gasteiger partial charge < -0.3 is 15.0 Å². The van der Waals surface area contributed by atoms with E-state index in [2.05, 4.69) is 16.4 Å². The number of hydrogen-bond acceptors (Lipinski definition) is 5. The molecule has 2 atom stereocenters. The van der Waals surface area contributed by atoms with Crippen molar-refractivity contribution in [3.05, 3.63) is 71.7 Å². The lowest BCUT2D eigenvalue weighted by Crippen LogP contribution is -2.36. The Bertz CT molecular complexity index is 1180. The lowest BCUT2D eigenvalue weighted by molar-refractivity contribution is 0.0291. The number of halogens is 1. The van der Waals surface area contributed by atoms with Crippen LogP contribution in [0, 0.1) is 17.1 Å². The lowest BCUT2D eigenvalue weighted by atomic mass is 9.94. The summed E-state index contributed by atoms with van der Waals surface area (Å²) in [6.45, 7) is 6.39. The Morgan fingerprint density at radius 2 is 1.94 bits per heavy atom. The fraction of sp³-hybridized carbons (Fsp3) is 0.320. The van der Waals surface area contributed by atoms with Crippen molar-refractivity contribution < 1.29 is 13.9 Å². The summed E-state index contributed by atoms with van der Waals surface area (Å²) >= 11 is 0. The molecule has 2 unspecified atom stereocenters. The number of nitriles is 1. The molecule has 4 rings (SSSR count). The van der Waals surface area contributed by atoms with Gasteiger partial charge >= 0.3 is 6.09 Å². The van der Waals surface area contributed by atoms with Crippen LogP contribution in [0.3, 0.4) is 0 Å². The van der Waals surface area contributed by atoms with Crippen molar-refractivity contribution in [3.63, 3.8) is 0 Å². The molecule has 1 fully saturated rings. The van der Waals surface area contributed by atoms with Gasteiger partial charge in [0.15, 0.2) is 0 Å². The maximum atomic E-state index is 13.5. The summed E-state index contributed by atoms with van der Waals surface area (Å²) in [4.78, 5) is 18.8. The van der Waals surface area contributed by atoms with Gasteiger partial charge in [0.05, 0.1) is 17.1 Å². The van der Waals surface area contributed by atoms with Crippen LogP contribution in [-0.2, 0) is 4.74 Å². The number of para-hydroxylation sites is 1. The van der Waals surface area contributed by atoms with Crippen LogP contribution in [0.4, 0.5) is 14.9 Å². The van der Waals surface area contributed by atoms with Crippen LogP contribution in [-0.4, -0.2) is 40.7 Å². The lowest BCUT2D eigenvalue weighted by Gasteiger charge is -2.24. The monoisotopic (exact) mass is 432 g/mol. The Balaban J connectivity index is 1.67. The highest BCUT2D eigenvalue weighted by Crippen LogP contribution is 2.33. The number of likely N-dealkylation sites (tertiary alicyclic amines) is 1. The third-order valence-electron chi connectivity index (χ3n) is 5.50. The van der Waals surface area contributed by atoms with Gasteiger partial charge in [-0.05, 0) is 50.6 Å². The molecule has 1 amide bonds. The van der Waals surface area contributed by atoms with Crippen molar-refractivity contribution in [2.24, 2.45) is 0 Å². The van der Waals surface area contributed by atoms with Crippen LogP contribution in [0.1, 0.15) is 37.8 Å². The number of fused-ring (bicyclic) bond motifs is 1. The number of nitrogens with one attached hydrogen (secondary N) is 1. The summed E-state index contributed by atoms with van der Waals surface area (Å²) in [5, 5.41) is 13.8. The number of nitrogens with zero attached hydrogens (tertiary/aromatic N) is 3. The number of ether oxygens (including phenoxy) is 1. The number of amides is 1. The van der Waals surface area contributed by atoms with E-state index in [1.54, 1.807) is 29.3 Å². The second-order valence-electron chi connectivity index (χ2n) is 8.97. The van der Waals surface area contributed by atoms with E-state index in [1.165, 1.54) is 12.1 Å². The minimum Gasteiger partial charge on any atom is -0.444 e. The standard InChI is InChI=1S/C25H25FN4O2/c1-25(2,3)32-24(31)30-14-20(16-7-9-18(26)10-8-16)22(15-30)29-21-11-12-28-23-17(13-27)5-4-6-19(21)23/h4-12,20,22H,14-15H2,1-3H3,(H,28,29). The normalized spacial score (nSPS) is 18.4. The van der Waals surface area contributed by atoms with Gasteiger partial charge in [0, 0.05) is 36.3 Å². The molecule has 1 saturated heterocycles. The summed E-state index contributed by atoms with van der Waals surface area (Å²) in [7, 11) is 0. The molecule has 0 bridgehead atoms. The zero-order chi connectivity index (χ0) is 22.9. The van der Waals surface area contributed by atoms with Crippen molar-refractivity contribution in [3.8, 4) is 6.07 Å². The largest absolute Gasteiger partial charge is 0.444 e. The van der Waals surface area contributed by atoms with E-state index in [1.807, 2.05) is 39.0 Å². The molecule has 0 spiro atoms. The van der Waals surface area contributed by atoms with Crippen LogP contribution >= 0.6 is 0 Å². The van der Waals surface area contributed by atoms with Crippen LogP contribution < -0.4 is 5.32 Å². The van der Waals surface area contributed by atoms with E-state index in [4.69, 9.17) is 4.74 Å². The highest BCUT2D eigenvalue weighted by molar-refractivity contribution is 5.94. The van der Waals surface area contributed by atoms with Gasteiger partial charge in [-0.3, -0.25) is 4.98 Å². The minimum atomic E-state index is -0.594. The molecule has 2 heterocycles. The molecule has 164 valence electrons. The number of benzene rings is 2. The molecule has 0 aliphatic carbocycles. The van der Waals surface area contributed by atoms with Crippen molar-refractivity contribution in [2.45, 2.75) is 38.3 Å². The Kier molecular flexibility index (Phi) is 5.70. The van der Waals surface area contributed by atoms with Gasteiger partial charge in [-0.1, -0.05) is 24.3 Å². The molecule has 1 aliphatic rings. The van der Waals surface area contributed by atoms with Crippen LogP contribution in [0.5, 0.6) is 0 Å². The van der Waals surface area contributed by atoms with E-state index in [9.17, 15) is 14.4 Å². The number of carbonyl (C=O) groups excluding carboxylic acids is 1. The number of aromatic nitrogens is 1. The number of anilines is 1. The number of carbonyl (C=O) groups is 1. The molecule has 1 N–H and O–H groups in total. The first kappa shape index (κ1) is 21.6. The average molecular weight is 432 g/mol. The highest BCUT2D eigenvalue weighted by Gasteiger charge is 2.38. The van der Waals surface area contributed by atoms with E-state index in [0.29, 0.717) is 24.2 Å². The Morgan fingerprint density at radius 1 is 1.19 bits per heavy atom. The fourth-order valence-corrected chi connectivity index (χ4v) is 4.07. The quantitative estimate of drug-likeness (QED) is 0.626. The first-order valence-corrected chi connectivity index (χ1v) is 10.5. The molecule has 0 saturated carbocycles. The van der Waals surface area contributed by atoms with Gasteiger partial charge in [-0.15, -0.1) is 0 Å². The summed E-state index contributed by atoms with van der Waals surface area (Å²) in [5.74, 6) is -0.366. The molecule has 32 heavy (non-hydrogen) atoms. The second-order valence-corrected chi connectivity index (χ2v) is 8.97. The maximum absolute atomic E-state index is 13.5. The van der Waals surface area contributed by atoms with E-state index < -0.39 is 5.60 Å². The topological polar surface area (TPSA) is 78.2 Å². The zero-order valence-electron chi connectivity index (χ0n) is 18.3. The third kappa shape index (κ3) is 4.50. The molecule has 0 radical (unpaired) electrons. The second kappa shape index (κ2) is 8.46. The van der Waals surface area contributed by atoms with E-state index in [0.717, 1.165) is 16.6 Å². The van der Waals surface area contributed by atoms with Gasteiger partial charge in [0.2, 0.25) is 0 Å². The van der Waals surface area contributed by atoms with E-state index in [-0.39, 0.29) is 23.9 Å². The number of pyridine rings is 1. The molecule has 6 nitrogen and oxygen atoms in total. The predicted molar refractivity (Wildman–Crippen MR) is 121 cm³/mol. The summed E-state index contributed by atoms with van der Waals surface area (Å²) in [6.07, 6.45) is 1.29. The van der Waals surface area contributed by atoms with Gasteiger partial charge in [-0.25, -0.2) is 9.18 Å². The predicted octanol–water partition coefficient (Wildman–Crippen LogP) is 5.06. The summed E-state index contributed by atoms with van der Waals surface area (Å²) in [6, 6.07) is 15.8. The molecule has 1 aromatic heterocycles. The van der Waals surface area contributed by atoms with E-state index >= 15 is 0 Å². The van der Waals surface area contributed by atoms with Crippen molar-refractivity contribution in [1.82, 2.24) is 9.88 Å². The van der Waals surface area contributed by atoms with Gasteiger partial charge in [0.1, 0.15) is 17.5 Å². The third-order valence-corrected chi connectivity index (χ3v) is 5.50. The molecule has 7 heteroatoms. The molecule has 2 aromatic carbocycles. The highest BCUT2D eigenvalue weighted by atomic mass is 19.1. The molecule has 1 aliphatic heterocycles. The SMILES string of the molecule is CC(C)(C)OC(=O)N1CC(Nc2ccnc3c(C#N)cccc23)C(c2ccc(F)cc2)C1. The van der Waals surface area contributed by atoms with Gasteiger partial charge in [-0.2, -0.15) is 5.26 Å². The molecular formula is C25H25FN4O2. The summed E-state index contributed by atoms with van der Waals surface area (Å²) < 4.78 is 19.1. The summed E-state index contributed by atoms with van der Waals surface area (Å²) in [5.41, 5.74) is 2.30. The average Bonchev–Trinajstić information content (AvgIpc) is 3.17. The minimum absolute atomic E-state index is 0.0644. The first-order valence-electron chi connectivity index (χ1n) is 10.5. The van der Waals surface area contributed by atoms with Crippen LogP contribution in [0.25, 0.3) is 10.9 Å². The first-order chi connectivity index (χ1) is 15.2.